The number of hydrogen-bond acceptors (Lipinski definition) is 4. The number of imidazole rings is 1. The van der Waals surface area contributed by atoms with Crippen LogP contribution in [0, 0.1) is 0 Å². The Bertz CT molecular complexity index is 372. The molecule has 0 aromatic carbocycles. The lowest BCUT2D eigenvalue weighted by molar-refractivity contribution is -0.670. The third kappa shape index (κ3) is 8.57. The first-order valence-corrected chi connectivity index (χ1v) is 8.85. The zero-order valence-corrected chi connectivity index (χ0v) is 12.9. The zero-order valence-electron chi connectivity index (χ0n) is 10.4. The van der Waals surface area contributed by atoms with Gasteiger partial charge in [-0.15, -0.1) is 0 Å². The van der Waals surface area contributed by atoms with Gasteiger partial charge in [0.15, 0.2) is 0 Å². The normalized spacial score (nSPS) is 10.6. The number of nitrogens with zero attached hydrogens (tertiary/aromatic N) is 2. The fourth-order valence-corrected chi connectivity index (χ4v) is 2.90. The summed E-state index contributed by atoms with van der Waals surface area (Å²) in [6.07, 6.45) is 7.58. The van der Waals surface area contributed by atoms with Crippen molar-refractivity contribution in [3.05, 3.63) is 25.3 Å². The second-order valence-corrected chi connectivity index (χ2v) is 7.98. The van der Waals surface area contributed by atoms with Crippen molar-refractivity contribution in [3.63, 3.8) is 0 Å². The highest BCUT2D eigenvalue weighted by atomic mass is 32.9. The molecule has 7 heteroatoms. The Kier molecular flexibility index (Phi) is 8.82. The van der Waals surface area contributed by atoms with Crippen molar-refractivity contribution in [3.8, 4) is 0 Å². The summed E-state index contributed by atoms with van der Waals surface area (Å²) in [5.41, 5.74) is -2.28. The van der Waals surface area contributed by atoms with Gasteiger partial charge < -0.3 is 21.3 Å². The average molecular weight is 294 g/mol. The Morgan fingerprint density at radius 2 is 2.00 bits per heavy atom. The molecule has 0 saturated carbocycles. The molecule has 1 aromatic heterocycles. The molecule has 4 nitrogen and oxygen atoms in total. The van der Waals surface area contributed by atoms with E-state index in [2.05, 4.69) is 6.58 Å². The molecule has 0 aliphatic heterocycles. The molecule has 1 aromatic rings. The molecule has 1 heterocycles. The molecule has 0 aliphatic rings. The summed E-state index contributed by atoms with van der Waals surface area (Å²) in [6.45, 7) is 8.39. The predicted molar refractivity (Wildman–Crippen MR) is 76.9 cm³/mol. The highest BCUT2D eigenvalue weighted by Crippen LogP contribution is 2.45. The Labute approximate surface area is 114 Å². The van der Waals surface area contributed by atoms with E-state index in [1.165, 1.54) is 0 Å². The molecule has 1 rings (SSSR count). The molecule has 0 N–H and O–H groups in total. The molecule has 0 saturated heterocycles. The van der Waals surface area contributed by atoms with E-state index in [-0.39, 0.29) is 0 Å². The fraction of sp³-hybridized carbons (Fsp3) is 0.500. The van der Waals surface area contributed by atoms with E-state index in [9.17, 15) is 0 Å². The summed E-state index contributed by atoms with van der Waals surface area (Å²) in [7, 11) is 1.97. The van der Waals surface area contributed by atoms with Crippen molar-refractivity contribution in [2.75, 3.05) is 13.2 Å². The second kappa shape index (κ2) is 8.89. The molecule has 0 bridgehead atoms. The van der Waals surface area contributed by atoms with Crippen molar-refractivity contribution in [2.24, 2.45) is 7.05 Å². The van der Waals surface area contributed by atoms with Crippen LogP contribution in [0.3, 0.4) is 0 Å². The van der Waals surface area contributed by atoms with Crippen molar-refractivity contribution in [1.82, 2.24) is 4.57 Å². The summed E-state index contributed by atoms with van der Waals surface area (Å²) in [5.74, 6) is 0. The quantitative estimate of drug-likeness (QED) is 0.473. The molecule has 98 valence electrons. The van der Waals surface area contributed by atoms with Crippen molar-refractivity contribution in [1.29, 1.82) is 0 Å². The first-order chi connectivity index (χ1) is 7.95. The van der Waals surface area contributed by atoms with E-state index < -0.39 is 5.69 Å². The zero-order chi connectivity index (χ0) is 13.3. The van der Waals surface area contributed by atoms with Crippen LogP contribution in [0.5, 0.6) is 0 Å². The van der Waals surface area contributed by atoms with Gasteiger partial charge in [-0.05, 0) is 13.8 Å². The molecule has 0 atom stereocenters. The van der Waals surface area contributed by atoms with Crippen LogP contribution in [0.1, 0.15) is 13.8 Å². The molecule has 0 radical (unpaired) electrons. The highest BCUT2D eigenvalue weighted by Gasteiger charge is 1.95. The van der Waals surface area contributed by atoms with Crippen LogP contribution in [0.4, 0.5) is 0 Å². The maximum atomic E-state index is 4.99. The standard InChI is InChI=1S/C6H9N2.C4H11O2PS2/c1-3-8-5-4-7(2)6-8;1-3-5-7(8,9)6-4-2/h3-6H,1H2,2H3;3-4H2,1-2H3,(H,8,9)/q+1;/p-1. The Balaban J connectivity index is 0.000000302. The Hall–Kier alpha value is -0.130. The summed E-state index contributed by atoms with van der Waals surface area (Å²) < 4.78 is 13.8. The Morgan fingerprint density at radius 1 is 1.47 bits per heavy atom. The van der Waals surface area contributed by atoms with Gasteiger partial charge in [-0.3, -0.25) is 0 Å². The monoisotopic (exact) mass is 294 g/mol. The van der Waals surface area contributed by atoms with Gasteiger partial charge in [-0.2, -0.15) is 0 Å². The van der Waals surface area contributed by atoms with Gasteiger partial charge in [0, 0.05) is 13.2 Å². The van der Waals surface area contributed by atoms with Crippen LogP contribution >= 0.6 is 5.69 Å². The minimum absolute atomic E-state index is 0.542. The predicted octanol–water partition coefficient (Wildman–Crippen LogP) is 2.24. The van der Waals surface area contributed by atoms with Gasteiger partial charge in [0.2, 0.25) is 6.33 Å². The van der Waals surface area contributed by atoms with Gasteiger partial charge in [0.05, 0.1) is 18.9 Å². The summed E-state index contributed by atoms with van der Waals surface area (Å²) in [6, 6.07) is 0. The maximum Gasteiger partial charge on any atom is 0.248 e. The van der Waals surface area contributed by atoms with Crippen molar-refractivity contribution in [2.45, 2.75) is 13.8 Å². The topological polar surface area (TPSA) is 27.3 Å². The minimum Gasteiger partial charge on any atom is -0.691 e. The average Bonchev–Trinajstić information content (AvgIpc) is 2.65. The highest BCUT2D eigenvalue weighted by molar-refractivity contribution is 8.51. The third-order valence-corrected chi connectivity index (χ3v) is 3.99. The summed E-state index contributed by atoms with van der Waals surface area (Å²) >= 11 is 9.65. The molecule has 0 spiro atoms. The lowest BCUT2D eigenvalue weighted by Gasteiger charge is -2.26. The van der Waals surface area contributed by atoms with E-state index >= 15 is 0 Å². The fourth-order valence-electron chi connectivity index (χ4n) is 0.931. The maximum absolute atomic E-state index is 4.99. The smallest absolute Gasteiger partial charge is 0.248 e. The molecular formula is C10H19N2O2PS2. The van der Waals surface area contributed by atoms with Crippen LogP contribution in [0.15, 0.2) is 25.3 Å². The van der Waals surface area contributed by atoms with Gasteiger partial charge >= 0.3 is 0 Å². The SMILES string of the molecule is C=Cn1cc[n+](C)c1.CCOP(=S)([S-])OCC. The van der Waals surface area contributed by atoms with Crippen LogP contribution in [-0.4, -0.2) is 17.8 Å². The van der Waals surface area contributed by atoms with E-state index in [1.807, 2.05) is 48.8 Å². The minimum atomic E-state index is -2.28. The van der Waals surface area contributed by atoms with Gasteiger partial charge in [-0.1, -0.05) is 18.4 Å². The van der Waals surface area contributed by atoms with E-state index in [0.717, 1.165) is 0 Å². The first kappa shape index (κ1) is 16.9. The molecule has 0 aliphatic carbocycles. The van der Waals surface area contributed by atoms with Crippen LogP contribution in [-0.2, 0) is 40.2 Å². The number of aryl methyl sites for hydroxylation is 1. The van der Waals surface area contributed by atoms with Crippen molar-refractivity contribution < 1.29 is 13.6 Å². The number of hydrogen-bond donors (Lipinski definition) is 0. The largest absolute Gasteiger partial charge is 0.691 e. The van der Waals surface area contributed by atoms with Gasteiger partial charge in [-0.25, -0.2) is 9.13 Å². The molecule has 17 heavy (non-hydrogen) atoms. The number of aromatic nitrogens is 2. The lowest BCUT2D eigenvalue weighted by atomic mass is 10.8. The van der Waals surface area contributed by atoms with Crippen molar-refractivity contribution >= 4 is 35.9 Å². The van der Waals surface area contributed by atoms with E-state index in [0.29, 0.717) is 13.2 Å². The first-order valence-electron chi connectivity index (χ1n) is 5.20. The van der Waals surface area contributed by atoms with E-state index in [4.69, 9.17) is 33.1 Å². The molecule has 0 unspecified atom stereocenters. The van der Waals surface area contributed by atoms with Crippen LogP contribution in [0.25, 0.3) is 6.20 Å². The van der Waals surface area contributed by atoms with Gasteiger partial charge in [0.1, 0.15) is 12.4 Å². The summed E-state index contributed by atoms with van der Waals surface area (Å²) in [5, 5.41) is 0. The number of rotatable bonds is 5. The molecular weight excluding hydrogens is 275 g/mol. The van der Waals surface area contributed by atoms with Crippen LogP contribution < -0.4 is 4.57 Å². The van der Waals surface area contributed by atoms with Gasteiger partial charge in [0.25, 0.3) is 0 Å². The summed E-state index contributed by atoms with van der Waals surface area (Å²) in [4.78, 5) is 0. The third-order valence-electron chi connectivity index (χ3n) is 1.57. The Morgan fingerprint density at radius 3 is 2.24 bits per heavy atom. The second-order valence-electron chi connectivity index (χ2n) is 2.99. The van der Waals surface area contributed by atoms with Crippen LogP contribution in [0.2, 0.25) is 0 Å². The lowest BCUT2D eigenvalue weighted by Crippen LogP contribution is -2.23. The molecule has 0 fully saturated rings. The van der Waals surface area contributed by atoms with E-state index in [1.54, 1.807) is 6.20 Å². The molecule has 0 amide bonds.